The molecule has 0 aromatic rings. The maximum Gasteiger partial charge on any atom is 0.0576 e. The van der Waals surface area contributed by atoms with Crippen LogP contribution in [0.4, 0.5) is 0 Å². The molecule has 0 heterocycles. The van der Waals surface area contributed by atoms with Crippen LogP contribution in [-0.2, 0) is 0 Å². The van der Waals surface area contributed by atoms with Crippen molar-refractivity contribution in [1.29, 1.82) is 0 Å². The molecule has 0 spiro atoms. The van der Waals surface area contributed by atoms with Crippen LogP contribution in [0.25, 0.3) is 0 Å². The van der Waals surface area contributed by atoms with E-state index in [1.54, 1.807) is 0 Å². The van der Waals surface area contributed by atoms with Crippen LogP contribution >= 0.6 is 0 Å². The lowest BCUT2D eigenvalue weighted by Crippen LogP contribution is -2.25. The fraction of sp³-hybridized carbons (Fsp3) is 0.500. The summed E-state index contributed by atoms with van der Waals surface area (Å²) < 4.78 is 0. The Labute approximate surface area is 56.8 Å². The monoisotopic (exact) mass is 121 g/mol. The third-order valence-electron chi connectivity index (χ3n) is 0.977. The number of hydrogen-bond donors (Lipinski definition) is 1. The van der Waals surface area contributed by atoms with E-state index in [0.717, 1.165) is 6.42 Å². The van der Waals surface area contributed by atoms with Crippen LogP contribution in [0.15, 0.2) is 0 Å². The van der Waals surface area contributed by atoms with Crippen molar-refractivity contribution in [3.8, 4) is 24.7 Å². The molecular formula is C8H11N. The first-order valence-corrected chi connectivity index (χ1v) is 2.91. The Morgan fingerprint density at radius 3 is 2.56 bits per heavy atom. The van der Waals surface area contributed by atoms with Crippen LogP contribution in [0, 0.1) is 24.7 Å². The summed E-state index contributed by atoms with van der Waals surface area (Å²) in [6, 6.07) is 0.339. The Balaban J connectivity index is 3.21. The zero-order valence-corrected chi connectivity index (χ0v) is 5.65. The molecule has 1 unspecified atom stereocenters. The lowest BCUT2D eigenvalue weighted by molar-refractivity contribution is 0.603. The predicted octanol–water partition coefficient (Wildman–Crippen LogP) is 0.621. The number of terminal acetylenes is 2. The van der Waals surface area contributed by atoms with Crippen LogP contribution in [-0.4, -0.2) is 12.6 Å². The first kappa shape index (κ1) is 8.08. The molecule has 1 nitrogen and oxygen atoms in total. The zero-order valence-electron chi connectivity index (χ0n) is 5.65. The van der Waals surface area contributed by atoms with E-state index in [-0.39, 0.29) is 0 Å². The summed E-state index contributed by atoms with van der Waals surface area (Å²) in [7, 11) is 0. The average molecular weight is 121 g/mol. The highest BCUT2D eigenvalue weighted by atomic mass is 14.9. The molecule has 0 saturated carbocycles. The summed E-state index contributed by atoms with van der Waals surface area (Å²) in [5.74, 6) is 5.02. The molecule has 1 N–H and O–H groups in total. The second-order valence-electron chi connectivity index (χ2n) is 1.89. The number of rotatable bonds is 3. The molecule has 1 heteroatoms. The molecule has 48 valence electrons. The molecule has 1 atom stereocenters. The third-order valence-corrected chi connectivity index (χ3v) is 0.977. The van der Waals surface area contributed by atoms with Crippen LogP contribution in [0.5, 0.6) is 0 Å². The van der Waals surface area contributed by atoms with Gasteiger partial charge in [-0.25, -0.2) is 0 Å². The minimum atomic E-state index is 0.339. The summed E-state index contributed by atoms with van der Waals surface area (Å²) in [5.41, 5.74) is 0. The van der Waals surface area contributed by atoms with E-state index >= 15 is 0 Å². The Morgan fingerprint density at radius 2 is 2.11 bits per heavy atom. The fourth-order valence-electron chi connectivity index (χ4n) is 0.482. The zero-order chi connectivity index (χ0) is 7.11. The minimum Gasteiger partial charge on any atom is -0.303 e. The SMILES string of the molecule is C#CCNC(C)CC#C. The van der Waals surface area contributed by atoms with Gasteiger partial charge in [0.1, 0.15) is 0 Å². The molecule has 9 heavy (non-hydrogen) atoms. The van der Waals surface area contributed by atoms with Crippen molar-refractivity contribution in [3.05, 3.63) is 0 Å². The second kappa shape index (κ2) is 5.22. The molecule has 0 rings (SSSR count). The van der Waals surface area contributed by atoms with Gasteiger partial charge in [0.25, 0.3) is 0 Å². The van der Waals surface area contributed by atoms with Gasteiger partial charge in [-0.3, -0.25) is 0 Å². The first-order chi connectivity index (χ1) is 4.31. The van der Waals surface area contributed by atoms with Crippen molar-refractivity contribution in [2.24, 2.45) is 0 Å². The second-order valence-corrected chi connectivity index (χ2v) is 1.89. The van der Waals surface area contributed by atoms with Gasteiger partial charge in [-0.2, -0.15) is 0 Å². The normalized spacial score (nSPS) is 11.4. The van der Waals surface area contributed by atoms with Crippen LogP contribution in [0.2, 0.25) is 0 Å². The van der Waals surface area contributed by atoms with Crippen molar-refractivity contribution in [2.75, 3.05) is 6.54 Å². The van der Waals surface area contributed by atoms with Gasteiger partial charge in [0, 0.05) is 12.5 Å². The van der Waals surface area contributed by atoms with E-state index in [2.05, 4.69) is 17.2 Å². The van der Waals surface area contributed by atoms with Crippen LogP contribution in [0.1, 0.15) is 13.3 Å². The molecule has 0 radical (unpaired) electrons. The Bertz CT molecular complexity index is 136. The maximum atomic E-state index is 5.06. The largest absolute Gasteiger partial charge is 0.303 e. The minimum absolute atomic E-state index is 0.339. The van der Waals surface area contributed by atoms with E-state index in [9.17, 15) is 0 Å². The summed E-state index contributed by atoms with van der Waals surface area (Å²) in [6.45, 7) is 2.61. The molecule has 0 aliphatic rings. The van der Waals surface area contributed by atoms with E-state index in [0.29, 0.717) is 12.6 Å². The van der Waals surface area contributed by atoms with E-state index in [4.69, 9.17) is 12.8 Å². The van der Waals surface area contributed by atoms with Gasteiger partial charge in [-0.05, 0) is 6.92 Å². The molecule has 0 fully saturated rings. The number of nitrogens with one attached hydrogen (secondary N) is 1. The fourth-order valence-corrected chi connectivity index (χ4v) is 0.482. The quantitative estimate of drug-likeness (QED) is 0.540. The van der Waals surface area contributed by atoms with Crippen molar-refractivity contribution in [1.82, 2.24) is 5.32 Å². The molecule has 0 amide bonds. The van der Waals surface area contributed by atoms with Gasteiger partial charge in [0.15, 0.2) is 0 Å². The molecule has 0 aliphatic carbocycles. The van der Waals surface area contributed by atoms with E-state index in [1.807, 2.05) is 6.92 Å². The standard InChI is InChI=1S/C8H11N/c1-4-6-8(3)9-7-5-2/h1-2,8-9H,6-7H2,3H3. The van der Waals surface area contributed by atoms with Crippen LogP contribution in [0.3, 0.4) is 0 Å². The van der Waals surface area contributed by atoms with Crippen LogP contribution < -0.4 is 5.32 Å². The smallest absolute Gasteiger partial charge is 0.0576 e. The summed E-state index contributed by atoms with van der Waals surface area (Å²) in [5, 5.41) is 3.05. The Kier molecular flexibility index (Phi) is 4.69. The highest BCUT2D eigenvalue weighted by Gasteiger charge is 1.93. The van der Waals surface area contributed by atoms with Crippen molar-refractivity contribution in [2.45, 2.75) is 19.4 Å². The predicted molar refractivity (Wildman–Crippen MR) is 39.7 cm³/mol. The molecule has 0 aromatic heterocycles. The topological polar surface area (TPSA) is 12.0 Å². The van der Waals surface area contributed by atoms with E-state index in [1.165, 1.54) is 0 Å². The Hall–Kier alpha value is -0.920. The summed E-state index contributed by atoms with van der Waals surface area (Å²) in [6.07, 6.45) is 10.8. The summed E-state index contributed by atoms with van der Waals surface area (Å²) >= 11 is 0. The van der Waals surface area contributed by atoms with Gasteiger partial charge in [0.2, 0.25) is 0 Å². The van der Waals surface area contributed by atoms with Gasteiger partial charge in [-0.15, -0.1) is 18.8 Å². The highest BCUT2D eigenvalue weighted by Crippen LogP contribution is 1.84. The molecule has 0 aliphatic heterocycles. The number of hydrogen-bond acceptors (Lipinski definition) is 1. The summed E-state index contributed by atoms with van der Waals surface area (Å²) in [4.78, 5) is 0. The van der Waals surface area contributed by atoms with Crippen molar-refractivity contribution in [3.63, 3.8) is 0 Å². The molecular weight excluding hydrogens is 110 g/mol. The molecule has 0 aromatic carbocycles. The maximum absolute atomic E-state index is 5.06. The van der Waals surface area contributed by atoms with Gasteiger partial charge in [-0.1, -0.05) is 5.92 Å². The Morgan fingerprint density at radius 1 is 1.44 bits per heavy atom. The van der Waals surface area contributed by atoms with Crippen molar-refractivity contribution < 1.29 is 0 Å². The first-order valence-electron chi connectivity index (χ1n) is 2.91. The van der Waals surface area contributed by atoms with Gasteiger partial charge in [0.05, 0.1) is 6.54 Å². The van der Waals surface area contributed by atoms with Gasteiger partial charge < -0.3 is 5.32 Å². The van der Waals surface area contributed by atoms with Gasteiger partial charge >= 0.3 is 0 Å². The van der Waals surface area contributed by atoms with E-state index < -0.39 is 0 Å². The van der Waals surface area contributed by atoms with Crippen molar-refractivity contribution >= 4 is 0 Å². The lowest BCUT2D eigenvalue weighted by atomic mass is 10.2. The molecule has 0 bridgehead atoms. The average Bonchev–Trinajstić information content (AvgIpc) is 1.85. The third kappa shape index (κ3) is 4.94. The lowest BCUT2D eigenvalue weighted by Gasteiger charge is -2.05. The molecule has 0 saturated heterocycles. The highest BCUT2D eigenvalue weighted by molar-refractivity contribution is 4.92.